The third kappa shape index (κ3) is 4.03. The SMILES string of the molecule is CN1CC[C@@H](NC(=O)Cc2cccc(S(N)(=O)=O)c2)C1. The molecular weight excluding hydrogens is 278 g/mol. The number of benzene rings is 1. The fourth-order valence-electron chi connectivity index (χ4n) is 2.35. The minimum atomic E-state index is -3.73. The number of amides is 1. The highest BCUT2D eigenvalue weighted by Crippen LogP contribution is 2.11. The predicted molar refractivity (Wildman–Crippen MR) is 75.6 cm³/mol. The van der Waals surface area contributed by atoms with Crippen molar-refractivity contribution in [2.75, 3.05) is 20.1 Å². The molecule has 1 atom stereocenters. The summed E-state index contributed by atoms with van der Waals surface area (Å²) in [6.07, 6.45) is 1.10. The van der Waals surface area contributed by atoms with Crippen molar-refractivity contribution in [1.29, 1.82) is 0 Å². The van der Waals surface area contributed by atoms with E-state index in [0.29, 0.717) is 5.56 Å². The van der Waals surface area contributed by atoms with Gasteiger partial charge in [-0.25, -0.2) is 13.6 Å². The Morgan fingerprint density at radius 3 is 2.85 bits per heavy atom. The molecule has 0 saturated carbocycles. The van der Waals surface area contributed by atoms with Crippen molar-refractivity contribution in [1.82, 2.24) is 10.2 Å². The van der Waals surface area contributed by atoms with Crippen LogP contribution in [-0.2, 0) is 21.2 Å². The lowest BCUT2D eigenvalue weighted by Crippen LogP contribution is -2.37. The summed E-state index contributed by atoms with van der Waals surface area (Å²) < 4.78 is 22.5. The standard InChI is InChI=1S/C13H19N3O3S/c1-16-6-5-11(9-16)15-13(17)8-10-3-2-4-12(7-10)20(14,18)19/h2-4,7,11H,5-6,8-9H2,1H3,(H,15,17)(H2,14,18,19)/t11-/m1/s1. The van der Waals surface area contributed by atoms with Crippen LogP contribution in [-0.4, -0.2) is 45.4 Å². The molecule has 1 aliphatic heterocycles. The molecular formula is C13H19N3O3S. The number of primary sulfonamides is 1. The van der Waals surface area contributed by atoms with E-state index in [4.69, 9.17) is 5.14 Å². The molecule has 0 radical (unpaired) electrons. The molecule has 1 saturated heterocycles. The number of likely N-dealkylation sites (tertiary alicyclic amines) is 1. The molecule has 7 heteroatoms. The van der Waals surface area contributed by atoms with Crippen LogP contribution < -0.4 is 10.5 Å². The third-order valence-electron chi connectivity index (χ3n) is 3.35. The molecule has 110 valence electrons. The number of nitrogens with zero attached hydrogens (tertiary/aromatic N) is 1. The van der Waals surface area contributed by atoms with Gasteiger partial charge in [0.25, 0.3) is 0 Å². The second-order valence-electron chi connectivity index (χ2n) is 5.18. The Bertz CT molecular complexity index is 601. The molecule has 0 unspecified atom stereocenters. The average molecular weight is 297 g/mol. The monoisotopic (exact) mass is 297 g/mol. The van der Waals surface area contributed by atoms with Crippen LogP contribution >= 0.6 is 0 Å². The molecule has 2 rings (SSSR count). The van der Waals surface area contributed by atoms with E-state index in [1.165, 1.54) is 12.1 Å². The van der Waals surface area contributed by atoms with Gasteiger partial charge in [0.2, 0.25) is 15.9 Å². The largest absolute Gasteiger partial charge is 0.352 e. The zero-order chi connectivity index (χ0) is 14.8. The van der Waals surface area contributed by atoms with Crippen LogP contribution in [0.1, 0.15) is 12.0 Å². The van der Waals surface area contributed by atoms with E-state index < -0.39 is 10.0 Å². The summed E-state index contributed by atoms with van der Waals surface area (Å²) in [5, 5.41) is 8.02. The fourth-order valence-corrected chi connectivity index (χ4v) is 2.93. The van der Waals surface area contributed by atoms with Gasteiger partial charge in [-0.1, -0.05) is 12.1 Å². The van der Waals surface area contributed by atoms with Crippen molar-refractivity contribution >= 4 is 15.9 Å². The highest BCUT2D eigenvalue weighted by molar-refractivity contribution is 7.89. The Balaban J connectivity index is 1.98. The first-order chi connectivity index (χ1) is 9.34. The van der Waals surface area contributed by atoms with Gasteiger partial charge in [-0.3, -0.25) is 4.79 Å². The van der Waals surface area contributed by atoms with Crippen molar-refractivity contribution in [3.05, 3.63) is 29.8 Å². The van der Waals surface area contributed by atoms with Crippen molar-refractivity contribution in [3.8, 4) is 0 Å². The zero-order valence-electron chi connectivity index (χ0n) is 11.4. The minimum Gasteiger partial charge on any atom is -0.352 e. The van der Waals surface area contributed by atoms with Gasteiger partial charge in [-0.15, -0.1) is 0 Å². The Hall–Kier alpha value is -1.44. The number of carbonyl (C=O) groups is 1. The number of sulfonamides is 1. The normalized spacial score (nSPS) is 20.0. The second kappa shape index (κ2) is 5.90. The number of nitrogens with one attached hydrogen (secondary N) is 1. The lowest BCUT2D eigenvalue weighted by molar-refractivity contribution is -0.121. The smallest absolute Gasteiger partial charge is 0.238 e. The van der Waals surface area contributed by atoms with Crippen LogP contribution in [0.2, 0.25) is 0 Å². The number of carbonyl (C=O) groups excluding carboxylic acids is 1. The molecule has 1 aliphatic rings. The van der Waals surface area contributed by atoms with Crippen molar-refractivity contribution in [2.45, 2.75) is 23.8 Å². The van der Waals surface area contributed by atoms with E-state index in [1.54, 1.807) is 12.1 Å². The van der Waals surface area contributed by atoms with E-state index in [2.05, 4.69) is 10.2 Å². The minimum absolute atomic E-state index is 0.0309. The second-order valence-corrected chi connectivity index (χ2v) is 6.75. The molecule has 0 bridgehead atoms. The van der Waals surface area contributed by atoms with Gasteiger partial charge in [0.05, 0.1) is 11.3 Å². The van der Waals surface area contributed by atoms with Crippen LogP contribution in [0.3, 0.4) is 0 Å². The molecule has 0 spiro atoms. The Morgan fingerprint density at radius 2 is 2.25 bits per heavy atom. The van der Waals surface area contributed by atoms with Gasteiger partial charge in [-0.05, 0) is 37.7 Å². The number of hydrogen-bond donors (Lipinski definition) is 2. The molecule has 1 aromatic rings. The van der Waals surface area contributed by atoms with E-state index in [0.717, 1.165) is 19.5 Å². The van der Waals surface area contributed by atoms with Crippen molar-refractivity contribution in [2.24, 2.45) is 5.14 Å². The summed E-state index contributed by atoms with van der Waals surface area (Å²) in [7, 11) is -1.71. The Kier molecular flexibility index (Phi) is 4.42. The summed E-state index contributed by atoms with van der Waals surface area (Å²) in [6, 6.07) is 6.34. The zero-order valence-corrected chi connectivity index (χ0v) is 12.2. The van der Waals surface area contributed by atoms with Crippen LogP contribution in [0, 0.1) is 0 Å². The molecule has 1 aromatic carbocycles. The van der Waals surface area contributed by atoms with E-state index >= 15 is 0 Å². The Labute approximate surface area is 119 Å². The lowest BCUT2D eigenvalue weighted by atomic mass is 10.1. The Morgan fingerprint density at radius 1 is 1.50 bits per heavy atom. The maximum absolute atomic E-state index is 11.9. The predicted octanol–water partition coefficient (Wildman–Crippen LogP) is -0.303. The summed E-state index contributed by atoms with van der Waals surface area (Å²) in [6.45, 7) is 1.83. The van der Waals surface area contributed by atoms with Crippen LogP contribution in [0.4, 0.5) is 0 Å². The molecule has 6 nitrogen and oxygen atoms in total. The van der Waals surface area contributed by atoms with Crippen molar-refractivity contribution < 1.29 is 13.2 Å². The summed E-state index contributed by atoms with van der Waals surface area (Å²) in [5.74, 6) is -0.100. The summed E-state index contributed by atoms with van der Waals surface area (Å²) >= 11 is 0. The average Bonchev–Trinajstić information content (AvgIpc) is 2.73. The molecule has 3 N–H and O–H groups in total. The third-order valence-corrected chi connectivity index (χ3v) is 4.26. The highest BCUT2D eigenvalue weighted by Gasteiger charge is 2.21. The fraction of sp³-hybridized carbons (Fsp3) is 0.462. The highest BCUT2D eigenvalue weighted by atomic mass is 32.2. The first kappa shape index (κ1) is 15.0. The van der Waals surface area contributed by atoms with E-state index in [-0.39, 0.29) is 23.3 Å². The number of nitrogens with two attached hydrogens (primary N) is 1. The molecule has 0 aliphatic carbocycles. The van der Waals surface area contributed by atoms with Gasteiger partial charge < -0.3 is 10.2 Å². The van der Waals surface area contributed by atoms with E-state index in [1.807, 2.05) is 7.05 Å². The summed E-state index contributed by atoms with van der Waals surface area (Å²) in [5.41, 5.74) is 0.639. The molecule has 20 heavy (non-hydrogen) atoms. The number of hydrogen-bond acceptors (Lipinski definition) is 4. The molecule has 1 heterocycles. The maximum Gasteiger partial charge on any atom is 0.238 e. The molecule has 1 amide bonds. The van der Waals surface area contributed by atoms with Crippen LogP contribution in [0.5, 0.6) is 0 Å². The lowest BCUT2D eigenvalue weighted by Gasteiger charge is -2.13. The van der Waals surface area contributed by atoms with E-state index in [9.17, 15) is 13.2 Å². The first-order valence-corrected chi connectivity index (χ1v) is 7.99. The van der Waals surface area contributed by atoms with Crippen molar-refractivity contribution in [3.63, 3.8) is 0 Å². The van der Waals surface area contributed by atoms with Gasteiger partial charge in [0, 0.05) is 12.6 Å². The molecule has 0 aromatic heterocycles. The maximum atomic E-state index is 11.9. The summed E-state index contributed by atoms with van der Waals surface area (Å²) in [4.78, 5) is 14.1. The van der Waals surface area contributed by atoms with Gasteiger partial charge >= 0.3 is 0 Å². The van der Waals surface area contributed by atoms with Gasteiger partial charge in [0.1, 0.15) is 0 Å². The van der Waals surface area contributed by atoms with Gasteiger partial charge in [-0.2, -0.15) is 0 Å². The number of rotatable bonds is 4. The quantitative estimate of drug-likeness (QED) is 0.798. The van der Waals surface area contributed by atoms with Crippen LogP contribution in [0.15, 0.2) is 29.2 Å². The molecule has 1 fully saturated rings. The topological polar surface area (TPSA) is 92.5 Å². The van der Waals surface area contributed by atoms with Crippen LogP contribution in [0.25, 0.3) is 0 Å². The first-order valence-electron chi connectivity index (χ1n) is 6.44. The van der Waals surface area contributed by atoms with Gasteiger partial charge in [0.15, 0.2) is 0 Å². The number of likely N-dealkylation sites (N-methyl/N-ethyl adjacent to an activating group) is 1.